The van der Waals surface area contributed by atoms with E-state index in [2.05, 4.69) is 16.8 Å². The molecule has 1 heterocycles. The minimum absolute atomic E-state index is 0.0793. The Morgan fingerprint density at radius 3 is 2.85 bits per heavy atom. The first-order valence-electron chi connectivity index (χ1n) is 8.25. The zero-order chi connectivity index (χ0) is 18.5. The zero-order valence-electron chi connectivity index (χ0n) is 13.8. The van der Waals surface area contributed by atoms with Crippen LogP contribution in [0, 0.1) is 23.7 Å². The maximum Gasteiger partial charge on any atom is 0.355 e. The number of aliphatic hydroxyl groups excluding tert-OH is 1. The molecule has 1 aliphatic carbocycles. The molecule has 136 valence electrons. The van der Waals surface area contributed by atoms with Gasteiger partial charge in [-0.15, -0.1) is 22.9 Å². The zero-order valence-corrected chi connectivity index (χ0v) is 16.2. The Morgan fingerprint density at radius 2 is 2.15 bits per heavy atom. The van der Waals surface area contributed by atoms with Crippen molar-refractivity contribution >= 4 is 40.7 Å². The van der Waals surface area contributed by atoms with Crippen LogP contribution in [0.5, 0.6) is 0 Å². The summed E-state index contributed by atoms with van der Waals surface area (Å²) in [5.41, 5.74) is 1.01. The van der Waals surface area contributed by atoms with Crippen LogP contribution in [0.15, 0.2) is 40.1 Å². The van der Waals surface area contributed by atoms with Gasteiger partial charge in [0.15, 0.2) is 10.0 Å². The summed E-state index contributed by atoms with van der Waals surface area (Å²) >= 11 is 9.30. The maximum atomic E-state index is 10.9. The summed E-state index contributed by atoms with van der Waals surface area (Å²) in [6.45, 7) is 0. The fraction of sp³-hybridized carbons (Fsp3) is 0.368. The molecule has 1 aromatic carbocycles. The number of nitrogens with zero attached hydrogens (tertiary/aromatic N) is 1. The van der Waals surface area contributed by atoms with E-state index in [1.807, 2.05) is 30.3 Å². The number of benzene rings is 1. The standard InChI is InChI=1S/C19H18ClNO3S2/c20-15-10-17(22)14(7-6-12-4-2-1-3-5-12)13(15)8-9-25-19-21-16(11-26-19)18(23)24/h1-5,11,13-15,17,22H,8-10H2,(H,23,24)/t13-,14-,15+,17-/m1/s1. The molecule has 2 aromatic rings. The van der Waals surface area contributed by atoms with Crippen LogP contribution < -0.4 is 0 Å². The second-order valence-electron chi connectivity index (χ2n) is 6.08. The Balaban J connectivity index is 1.61. The first-order valence-corrected chi connectivity index (χ1v) is 10.5. The summed E-state index contributed by atoms with van der Waals surface area (Å²) in [6.07, 6.45) is 0.833. The molecule has 2 N–H and O–H groups in total. The number of carboxylic acids is 1. The lowest BCUT2D eigenvalue weighted by Gasteiger charge is -2.18. The summed E-state index contributed by atoms with van der Waals surface area (Å²) in [7, 11) is 0. The van der Waals surface area contributed by atoms with Crippen LogP contribution in [0.25, 0.3) is 0 Å². The highest BCUT2D eigenvalue weighted by atomic mass is 35.5. The number of carbonyl (C=O) groups is 1. The number of aliphatic hydroxyl groups is 1. The van der Waals surface area contributed by atoms with Gasteiger partial charge in [0.2, 0.25) is 0 Å². The predicted octanol–water partition coefficient (Wildman–Crippen LogP) is 3.98. The number of halogens is 1. The van der Waals surface area contributed by atoms with E-state index >= 15 is 0 Å². The molecular weight excluding hydrogens is 390 g/mol. The average Bonchev–Trinajstić information content (AvgIpc) is 3.19. The number of aromatic nitrogens is 1. The quantitative estimate of drug-likeness (QED) is 0.445. The third kappa shape index (κ3) is 4.80. The molecule has 1 aliphatic rings. The third-order valence-corrected chi connectivity index (χ3v) is 6.90. The number of rotatable bonds is 5. The van der Waals surface area contributed by atoms with Crippen molar-refractivity contribution in [2.45, 2.75) is 28.7 Å². The van der Waals surface area contributed by atoms with E-state index in [0.29, 0.717) is 6.42 Å². The van der Waals surface area contributed by atoms with E-state index < -0.39 is 12.1 Å². The van der Waals surface area contributed by atoms with Gasteiger partial charge in [-0.3, -0.25) is 0 Å². The minimum atomic E-state index is -1.01. The monoisotopic (exact) mass is 407 g/mol. The van der Waals surface area contributed by atoms with Crippen LogP contribution in [-0.4, -0.2) is 38.4 Å². The highest BCUT2D eigenvalue weighted by molar-refractivity contribution is 8.01. The fourth-order valence-corrected chi connectivity index (χ4v) is 5.39. The molecule has 1 fully saturated rings. The Morgan fingerprint density at radius 1 is 1.38 bits per heavy atom. The minimum Gasteiger partial charge on any atom is -0.476 e. The summed E-state index contributed by atoms with van der Waals surface area (Å²) in [4.78, 5) is 15.0. The van der Waals surface area contributed by atoms with Gasteiger partial charge >= 0.3 is 5.97 Å². The lowest BCUT2D eigenvalue weighted by Crippen LogP contribution is -2.19. The Bertz CT molecular complexity index is 815. The van der Waals surface area contributed by atoms with Crippen molar-refractivity contribution in [3.63, 3.8) is 0 Å². The van der Waals surface area contributed by atoms with Crippen molar-refractivity contribution in [3.8, 4) is 11.8 Å². The average molecular weight is 408 g/mol. The molecule has 0 radical (unpaired) electrons. The number of hydrogen-bond donors (Lipinski definition) is 2. The number of alkyl halides is 1. The van der Waals surface area contributed by atoms with Gasteiger partial charge in [-0.05, 0) is 30.9 Å². The van der Waals surface area contributed by atoms with E-state index in [1.54, 1.807) is 5.38 Å². The summed E-state index contributed by atoms with van der Waals surface area (Å²) in [6, 6.07) is 9.71. The van der Waals surface area contributed by atoms with E-state index in [4.69, 9.17) is 16.7 Å². The van der Waals surface area contributed by atoms with Crippen LogP contribution in [0.3, 0.4) is 0 Å². The second-order valence-corrected chi connectivity index (χ2v) is 8.85. The smallest absolute Gasteiger partial charge is 0.355 e. The number of hydrogen-bond acceptors (Lipinski definition) is 5. The number of aromatic carboxylic acids is 1. The molecule has 0 saturated heterocycles. The van der Waals surface area contributed by atoms with Crippen LogP contribution >= 0.6 is 34.7 Å². The molecule has 3 rings (SSSR count). The Labute approximate surface area is 165 Å². The van der Waals surface area contributed by atoms with Crippen molar-refractivity contribution in [1.29, 1.82) is 0 Å². The first kappa shape index (κ1) is 19.2. The third-order valence-electron chi connectivity index (χ3n) is 4.34. The molecule has 0 amide bonds. The molecule has 4 nitrogen and oxygen atoms in total. The van der Waals surface area contributed by atoms with Crippen LogP contribution in [0.4, 0.5) is 0 Å². The van der Waals surface area contributed by atoms with Crippen molar-refractivity contribution in [2.24, 2.45) is 11.8 Å². The molecule has 0 spiro atoms. The molecule has 1 saturated carbocycles. The summed E-state index contributed by atoms with van der Waals surface area (Å²) < 4.78 is 0.735. The Kier molecular flexibility index (Phi) is 6.60. The first-order chi connectivity index (χ1) is 12.5. The number of thiazole rings is 1. The number of thioether (sulfide) groups is 1. The van der Waals surface area contributed by atoms with Gasteiger partial charge in [0.25, 0.3) is 0 Å². The largest absolute Gasteiger partial charge is 0.476 e. The molecule has 7 heteroatoms. The highest BCUT2D eigenvalue weighted by Crippen LogP contribution is 2.39. The molecule has 0 bridgehead atoms. The SMILES string of the molecule is O=C(O)c1csc(SCC[C@@H]2[C@@H](C#Cc3ccccc3)[C@H](O)C[C@@H]2Cl)n1. The van der Waals surface area contributed by atoms with Crippen LogP contribution in [0.2, 0.25) is 0 Å². The molecule has 0 aliphatic heterocycles. The lowest BCUT2D eigenvalue weighted by molar-refractivity contribution is 0.0691. The maximum absolute atomic E-state index is 10.9. The van der Waals surface area contributed by atoms with Gasteiger partial charge in [-0.1, -0.05) is 41.8 Å². The molecule has 0 unspecified atom stereocenters. The molecule has 1 aromatic heterocycles. The van der Waals surface area contributed by atoms with E-state index in [9.17, 15) is 9.90 Å². The molecular formula is C19H18ClNO3S2. The van der Waals surface area contributed by atoms with Crippen molar-refractivity contribution in [1.82, 2.24) is 4.98 Å². The van der Waals surface area contributed by atoms with Crippen LogP contribution in [-0.2, 0) is 0 Å². The predicted molar refractivity (Wildman–Crippen MR) is 105 cm³/mol. The van der Waals surface area contributed by atoms with Gasteiger partial charge < -0.3 is 10.2 Å². The van der Waals surface area contributed by atoms with Crippen LogP contribution in [0.1, 0.15) is 28.9 Å². The normalized spacial score (nSPS) is 24.8. The summed E-state index contributed by atoms with van der Waals surface area (Å²) in [5, 5.41) is 20.7. The van der Waals surface area contributed by atoms with Crippen molar-refractivity contribution in [2.75, 3.05) is 5.75 Å². The van der Waals surface area contributed by atoms with Gasteiger partial charge in [0.05, 0.1) is 12.0 Å². The fourth-order valence-electron chi connectivity index (χ4n) is 3.02. The van der Waals surface area contributed by atoms with E-state index in [-0.39, 0.29) is 22.9 Å². The van der Waals surface area contributed by atoms with Gasteiger partial charge in [-0.25, -0.2) is 9.78 Å². The second kappa shape index (κ2) is 8.92. The van der Waals surface area contributed by atoms with Gasteiger partial charge in [0, 0.05) is 22.1 Å². The van der Waals surface area contributed by atoms with Crippen molar-refractivity contribution < 1.29 is 15.0 Å². The van der Waals surface area contributed by atoms with Gasteiger partial charge in [-0.2, -0.15) is 0 Å². The molecule has 4 atom stereocenters. The topological polar surface area (TPSA) is 70.4 Å². The van der Waals surface area contributed by atoms with E-state index in [1.165, 1.54) is 23.1 Å². The summed E-state index contributed by atoms with van der Waals surface area (Å²) in [5.74, 6) is 6.06. The molecule has 26 heavy (non-hydrogen) atoms. The van der Waals surface area contributed by atoms with Gasteiger partial charge in [0.1, 0.15) is 0 Å². The van der Waals surface area contributed by atoms with E-state index in [0.717, 1.165) is 22.1 Å². The highest BCUT2D eigenvalue weighted by Gasteiger charge is 2.40. The lowest BCUT2D eigenvalue weighted by atomic mass is 9.92. The van der Waals surface area contributed by atoms with Crippen molar-refractivity contribution in [3.05, 3.63) is 47.0 Å². The Hall–Kier alpha value is -1.52. The number of carboxylic acid groups (broad SMARTS) is 1.